The molecule has 29 heavy (non-hydrogen) atoms. The smallest absolute Gasteiger partial charge is 0.308 e. The van der Waals surface area contributed by atoms with Gasteiger partial charge in [0.2, 0.25) is 0 Å². The third kappa shape index (κ3) is 6.02. The normalized spacial score (nSPS) is 12.2. The Morgan fingerprint density at radius 2 is 1.83 bits per heavy atom. The maximum Gasteiger partial charge on any atom is 0.308 e. The molecule has 1 amide bonds. The van der Waals surface area contributed by atoms with Crippen LogP contribution in [0.4, 0.5) is 5.69 Å². The molecule has 156 valence electrons. The molecule has 2 rings (SSSR count). The number of rotatable bonds is 9. The number of benzene rings is 2. The van der Waals surface area contributed by atoms with Crippen molar-refractivity contribution >= 4 is 21.7 Å². The highest BCUT2D eigenvalue weighted by molar-refractivity contribution is 7.87. The number of nitro benzene ring substituents is 1. The molecule has 0 aliphatic carbocycles. The number of hydrogen-bond acceptors (Lipinski definition) is 6. The number of hydrogen-bond donors (Lipinski definition) is 0. The van der Waals surface area contributed by atoms with Crippen molar-refractivity contribution in [2.45, 2.75) is 39.8 Å². The molecule has 0 aliphatic rings. The Morgan fingerprint density at radius 3 is 2.38 bits per heavy atom. The lowest BCUT2D eigenvalue weighted by Gasteiger charge is -2.29. The zero-order valence-corrected chi connectivity index (χ0v) is 17.4. The van der Waals surface area contributed by atoms with Crippen molar-refractivity contribution in [3.63, 3.8) is 0 Å². The Balaban J connectivity index is 2.27. The minimum absolute atomic E-state index is 0.0846. The minimum atomic E-state index is -3.64. The highest BCUT2D eigenvalue weighted by atomic mass is 32.2. The minimum Gasteiger partial charge on any atom is -0.382 e. The lowest BCUT2D eigenvalue weighted by Crippen LogP contribution is -2.37. The summed E-state index contributed by atoms with van der Waals surface area (Å²) in [5, 5.41) is 10.8. The van der Waals surface area contributed by atoms with Crippen LogP contribution < -0.4 is 4.18 Å². The molecule has 2 aromatic rings. The Labute approximate surface area is 170 Å². The van der Waals surface area contributed by atoms with Gasteiger partial charge < -0.3 is 9.08 Å². The number of nitrogens with zero attached hydrogens (tertiary/aromatic N) is 2. The fraction of sp³-hybridized carbons (Fsp3) is 0.350. The van der Waals surface area contributed by atoms with Crippen LogP contribution in [0, 0.1) is 10.1 Å². The van der Waals surface area contributed by atoms with E-state index in [-0.39, 0.29) is 35.7 Å². The molecule has 0 spiro atoms. The van der Waals surface area contributed by atoms with E-state index in [4.69, 9.17) is 4.18 Å². The van der Waals surface area contributed by atoms with E-state index in [2.05, 4.69) is 0 Å². The van der Waals surface area contributed by atoms with Gasteiger partial charge in [-0.2, -0.15) is 8.42 Å². The second kappa shape index (κ2) is 9.51. The summed E-state index contributed by atoms with van der Waals surface area (Å²) in [6.07, 6.45) is 0.707. The quantitative estimate of drug-likeness (QED) is 0.347. The van der Waals surface area contributed by atoms with E-state index in [1.54, 1.807) is 29.2 Å². The van der Waals surface area contributed by atoms with E-state index in [9.17, 15) is 23.3 Å². The highest BCUT2D eigenvalue weighted by Gasteiger charge is 2.22. The Morgan fingerprint density at radius 1 is 1.17 bits per heavy atom. The van der Waals surface area contributed by atoms with Crippen LogP contribution in [0.5, 0.6) is 5.75 Å². The van der Waals surface area contributed by atoms with Crippen LogP contribution in [-0.4, -0.2) is 35.9 Å². The van der Waals surface area contributed by atoms with E-state index in [1.807, 2.05) is 13.8 Å². The zero-order valence-electron chi connectivity index (χ0n) is 16.6. The van der Waals surface area contributed by atoms with Gasteiger partial charge in [-0.1, -0.05) is 19.1 Å². The first-order valence-corrected chi connectivity index (χ1v) is 10.8. The van der Waals surface area contributed by atoms with Crippen LogP contribution in [0.15, 0.2) is 48.5 Å². The molecule has 0 aliphatic heterocycles. The zero-order chi connectivity index (χ0) is 21.6. The van der Waals surface area contributed by atoms with E-state index in [0.29, 0.717) is 17.5 Å². The number of amides is 1. The van der Waals surface area contributed by atoms with Crippen LogP contribution in [-0.2, 0) is 16.7 Å². The molecule has 1 atom stereocenters. The molecule has 0 aromatic heterocycles. The second-order valence-corrected chi connectivity index (χ2v) is 8.43. The molecule has 0 saturated carbocycles. The van der Waals surface area contributed by atoms with Crippen LogP contribution in [0.1, 0.15) is 43.1 Å². The average Bonchev–Trinajstić information content (AvgIpc) is 2.71. The summed E-state index contributed by atoms with van der Waals surface area (Å²) in [5.74, 6) is -0.215. The van der Waals surface area contributed by atoms with Gasteiger partial charge in [-0.25, -0.2) is 0 Å². The van der Waals surface area contributed by atoms with Crippen molar-refractivity contribution in [2.75, 3.05) is 5.75 Å². The average molecular weight is 420 g/mol. The molecule has 0 fully saturated rings. The van der Waals surface area contributed by atoms with Crippen LogP contribution in [0.3, 0.4) is 0 Å². The molecule has 9 heteroatoms. The Hall–Kier alpha value is -2.94. The Bertz CT molecular complexity index is 973. The maximum atomic E-state index is 13.0. The summed E-state index contributed by atoms with van der Waals surface area (Å²) in [5.41, 5.74) is 0.972. The van der Waals surface area contributed by atoms with E-state index >= 15 is 0 Å². The van der Waals surface area contributed by atoms with Crippen molar-refractivity contribution in [2.24, 2.45) is 0 Å². The first kappa shape index (κ1) is 22.4. The van der Waals surface area contributed by atoms with Crippen LogP contribution in [0.2, 0.25) is 0 Å². The lowest BCUT2D eigenvalue weighted by atomic mass is 10.1. The van der Waals surface area contributed by atoms with Gasteiger partial charge in [0.15, 0.2) is 0 Å². The van der Waals surface area contributed by atoms with Crippen molar-refractivity contribution in [1.29, 1.82) is 0 Å². The largest absolute Gasteiger partial charge is 0.382 e. The third-order valence-electron chi connectivity index (χ3n) is 4.54. The van der Waals surface area contributed by atoms with Crippen molar-refractivity contribution in [3.05, 3.63) is 69.8 Å². The maximum absolute atomic E-state index is 13.0. The Kier molecular flexibility index (Phi) is 7.33. The van der Waals surface area contributed by atoms with E-state index in [0.717, 1.165) is 0 Å². The predicted molar refractivity (Wildman–Crippen MR) is 109 cm³/mol. The van der Waals surface area contributed by atoms with Crippen LogP contribution in [0.25, 0.3) is 0 Å². The number of carbonyl (C=O) groups excluding carboxylic acids is 1. The van der Waals surface area contributed by atoms with Crippen molar-refractivity contribution in [1.82, 2.24) is 4.90 Å². The van der Waals surface area contributed by atoms with Gasteiger partial charge in [-0.3, -0.25) is 14.9 Å². The molecular formula is C20H24N2O6S. The van der Waals surface area contributed by atoms with E-state index < -0.39 is 15.0 Å². The number of non-ortho nitro benzene ring substituents is 1. The molecule has 0 unspecified atom stereocenters. The fourth-order valence-corrected chi connectivity index (χ4v) is 3.15. The first-order valence-electron chi connectivity index (χ1n) is 9.23. The monoisotopic (exact) mass is 420 g/mol. The predicted octanol–water partition coefficient (Wildman–Crippen LogP) is 3.76. The second-order valence-electron chi connectivity index (χ2n) is 6.57. The van der Waals surface area contributed by atoms with Gasteiger partial charge >= 0.3 is 10.1 Å². The van der Waals surface area contributed by atoms with Gasteiger partial charge in [0.1, 0.15) is 5.75 Å². The highest BCUT2D eigenvalue weighted by Crippen LogP contribution is 2.21. The summed E-state index contributed by atoms with van der Waals surface area (Å²) in [4.78, 5) is 25.0. The molecule has 0 radical (unpaired) electrons. The van der Waals surface area contributed by atoms with Gasteiger partial charge in [-0.15, -0.1) is 0 Å². The fourth-order valence-electron chi connectivity index (χ4n) is 2.64. The molecule has 2 aromatic carbocycles. The van der Waals surface area contributed by atoms with Gasteiger partial charge in [0.05, 0.1) is 10.7 Å². The lowest BCUT2D eigenvalue weighted by molar-refractivity contribution is -0.384. The molecule has 0 bridgehead atoms. The standard InChI is InChI=1S/C20H24N2O6S/c1-4-15(3)21(20(23)17-9-11-18(12-10-17)22(24)25)14-16-7-6-8-19(13-16)28-29(26,27)5-2/h6-13,15H,4-5,14H2,1-3H3/t15-/m1/s1. The number of nitro groups is 1. The summed E-state index contributed by atoms with van der Waals surface area (Å²) < 4.78 is 28.4. The van der Waals surface area contributed by atoms with Gasteiger partial charge in [0.25, 0.3) is 11.6 Å². The van der Waals surface area contributed by atoms with Crippen LogP contribution >= 0.6 is 0 Å². The van der Waals surface area contributed by atoms with Gasteiger partial charge in [0, 0.05) is 30.3 Å². The summed E-state index contributed by atoms with van der Waals surface area (Å²) >= 11 is 0. The first-order chi connectivity index (χ1) is 13.7. The molecule has 0 N–H and O–H groups in total. The molecule has 8 nitrogen and oxygen atoms in total. The SMILES string of the molecule is CC[C@@H](C)N(Cc1cccc(OS(=O)(=O)CC)c1)C(=O)c1ccc([N+](=O)[O-])cc1. The van der Waals surface area contributed by atoms with E-state index in [1.165, 1.54) is 31.2 Å². The molecular weight excluding hydrogens is 396 g/mol. The van der Waals surface area contributed by atoms with Gasteiger partial charge in [-0.05, 0) is 50.1 Å². The molecule has 0 saturated heterocycles. The molecule has 0 heterocycles. The van der Waals surface area contributed by atoms with Crippen molar-refractivity contribution < 1.29 is 22.3 Å². The topological polar surface area (TPSA) is 107 Å². The van der Waals surface area contributed by atoms with Crippen molar-refractivity contribution in [3.8, 4) is 5.75 Å². The summed E-state index contributed by atoms with van der Waals surface area (Å²) in [6, 6.07) is 11.9. The number of carbonyl (C=O) groups is 1. The summed E-state index contributed by atoms with van der Waals surface area (Å²) in [7, 11) is -3.64. The summed E-state index contributed by atoms with van der Waals surface area (Å²) in [6.45, 7) is 5.60. The third-order valence-corrected chi connectivity index (χ3v) is 5.69.